The van der Waals surface area contributed by atoms with E-state index in [1.165, 1.54) is 77.0 Å². The summed E-state index contributed by atoms with van der Waals surface area (Å²) < 4.78 is 5.90. The third-order valence-electron chi connectivity index (χ3n) is 7.33. The average Bonchev–Trinajstić information content (AvgIpc) is 3.00. The van der Waals surface area contributed by atoms with Crippen LogP contribution in [-0.2, 0) is 4.84 Å². The van der Waals surface area contributed by atoms with Crippen LogP contribution in [0.15, 0.2) is 78.0 Å². The van der Waals surface area contributed by atoms with Crippen molar-refractivity contribution in [3.63, 3.8) is 0 Å². The highest BCUT2D eigenvalue weighted by Gasteiger charge is 2.15. The zero-order valence-electron chi connectivity index (χ0n) is 25.5. The summed E-state index contributed by atoms with van der Waals surface area (Å²) in [6.07, 6.45) is 17.6. The van der Waals surface area contributed by atoms with E-state index in [0.29, 0.717) is 39.9 Å². The molecule has 0 aliphatic heterocycles. The average molecular weight is 607 g/mol. The number of rotatable bonds is 20. The molecular weight excluding hydrogens is 560 g/mol. The Labute approximate surface area is 262 Å². The van der Waals surface area contributed by atoms with E-state index in [1.54, 1.807) is 42.5 Å². The molecule has 0 saturated heterocycles. The summed E-state index contributed by atoms with van der Waals surface area (Å²) in [6, 6.07) is 21.1. The van der Waals surface area contributed by atoms with Gasteiger partial charge in [-0.1, -0.05) is 144 Å². The fraction of sp³-hybridized carbons (Fsp3) is 0.444. The van der Waals surface area contributed by atoms with Gasteiger partial charge in [-0.3, -0.25) is 10.2 Å². The molecule has 0 bridgehead atoms. The van der Waals surface area contributed by atoms with Crippen LogP contribution in [0.4, 0.5) is 10.5 Å². The lowest BCUT2D eigenvalue weighted by atomic mass is 10.0. The summed E-state index contributed by atoms with van der Waals surface area (Å²) in [5.74, 6) is 0.572. The van der Waals surface area contributed by atoms with Gasteiger partial charge in [0.1, 0.15) is 17.2 Å². The number of hydrogen-bond acceptors (Lipinski definition) is 5. The molecule has 7 heteroatoms. The van der Waals surface area contributed by atoms with Gasteiger partial charge in [-0.15, -0.1) is 0 Å². The van der Waals surface area contributed by atoms with Crippen molar-refractivity contribution in [1.82, 2.24) is 0 Å². The van der Waals surface area contributed by atoms with E-state index in [9.17, 15) is 9.90 Å². The van der Waals surface area contributed by atoms with Crippen molar-refractivity contribution in [1.29, 1.82) is 0 Å². The van der Waals surface area contributed by atoms with E-state index < -0.39 is 6.09 Å². The highest BCUT2D eigenvalue weighted by atomic mass is 35.5. The molecule has 3 aromatic carbocycles. The van der Waals surface area contributed by atoms with Crippen LogP contribution in [0, 0.1) is 0 Å². The number of anilines is 1. The highest BCUT2D eigenvalue weighted by Crippen LogP contribution is 2.27. The molecule has 232 valence electrons. The summed E-state index contributed by atoms with van der Waals surface area (Å²) in [4.78, 5) is 17.5. The SMILES string of the molecule is CCCCCCCCCCCCCCCCOc1ccc(/C(=N/OC(=O)Nc2cccc(Cl)c2)c2ccccc2)c(O)c1. The maximum absolute atomic E-state index is 12.4. The van der Waals surface area contributed by atoms with Crippen molar-refractivity contribution in [2.45, 2.75) is 96.8 Å². The first-order valence-electron chi connectivity index (χ1n) is 15.9. The number of amides is 1. The molecule has 0 radical (unpaired) electrons. The van der Waals surface area contributed by atoms with Crippen LogP contribution in [0.25, 0.3) is 0 Å². The molecule has 3 rings (SSSR count). The second-order valence-corrected chi connectivity index (χ2v) is 11.4. The lowest BCUT2D eigenvalue weighted by Crippen LogP contribution is -2.13. The van der Waals surface area contributed by atoms with Crippen LogP contribution >= 0.6 is 11.6 Å². The van der Waals surface area contributed by atoms with Crippen molar-refractivity contribution in [2.24, 2.45) is 5.16 Å². The predicted octanol–water partition coefficient (Wildman–Crippen LogP) is 10.9. The highest BCUT2D eigenvalue weighted by molar-refractivity contribution is 6.30. The first-order valence-corrected chi connectivity index (χ1v) is 16.3. The smallest absolute Gasteiger partial charge is 0.437 e. The Kier molecular flexibility index (Phi) is 16.1. The number of nitrogens with one attached hydrogen (secondary N) is 1. The van der Waals surface area contributed by atoms with Crippen molar-refractivity contribution in [3.8, 4) is 11.5 Å². The van der Waals surface area contributed by atoms with Crippen molar-refractivity contribution in [3.05, 3.63) is 88.9 Å². The topological polar surface area (TPSA) is 80.2 Å². The van der Waals surface area contributed by atoms with Crippen LogP contribution in [0.3, 0.4) is 0 Å². The van der Waals surface area contributed by atoms with E-state index in [0.717, 1.165) is 12.8 Å². The van der Waals surface area contributed by atoms with Crippen LogP contribution in [-0.4, -0.2) is 23.5 Å². The van der Waals surface area contributed by atoms with Gasteiger partial charge in [0.2, 0.25) is 0 Å². The number of benzene rings is 3. The Bertz CT molecular complexity index is 1250. The second-order valence-electron chi connectivity index (χ2n) is 10.9. The van der Waals surface area contributed by atoms with Gasteiger partial charge >= 0.3 is 6.09 Å². The Morgan fingerprint density at radius 3 is 2.00 bits per heavy atom. The number of unbranched alkanes of at least 4 members (excludes halogenated alkanes) is 13. The summed E-state index contributed by atoms with van der Waals surface area (Å²) in [7, 11) is 0. The molecular formula is C36H47ClN2O4. The number of hydrogen-bond donors (Lipinski definition) is 2. The quantitative estimate of drug-likeness (QED) is 0.0580. The number of carbonyl (C=O) groups excluding carboxylic acids is 1. The third kappa shape index (κ3) is 13.6. The molecule has 0 saturated carbocycles. The van der Waals surface area contributed by atoms with Crippen LogP contribution in [0.2, 0.25) is 5.02 Å². The fourth-order valence-electron chi connectivity index (χ4n) is 4.94. The number of ether oxygens (including phenoxy) is 1. The van der Waals surface area contributed by atoms with Gasteiger partial charge < -0.3 is 9.84 Å². The van der Waals surface area contributed by atoms with Crippen molar-refractivity contribution in [2.75, 3.05) is 11.9 Å². The lowest BCUT2D eigenvalue weighted by molar-refractivity contribution is 0.166. The minimum absolute atomic E-state index is 0.0140. The summed E-state index contributed by atoms with van der Waals surface area (Å²) >= 11 is 5.98. The Hall–Kier alpha value is -3.51. The molecule has 6 nitrogen and oxygen atoms in total. The van der Waals surface area contributed by atoms with Crippen LogP contribution < -0.4 is 10.1 Å². The standard InChI is InChI=1S/C36H47ClN2O4/c1-2-3-4-5-6-7-8-9-10-11-12-13-14-18-26-42-32-24-25-33(34(40)28-32)35(29-20-16-15-17-21-29)39-43-36(41)38-31-23-19-22-30(37)27-31/h15-17,19-25,27-28,40H,2-14,18,26H2,1H3,(H,38,41)/b39-35+. The van der Waals surface area contributed by atoms with E-state index >= 15 is 0 Å². The summed E-state index contributed by atoms with van der Waals surface area (Å²) in [5, 5.41) is 18.0. The summed E-state index contributed by atoms with van der Waals surface area (Å²) in [5.41, 5.74) is 1.91. The largest absolute Gasteiger partial charge is 0.507 e. The summed E-state index contributed by atoms with van der Waals surface area (Å²) in [6.45, 7) is 2.87. The van der Waals surface area contributed by atoms with Crippen molar-refractivity contribution < 1.29 is 19.5 Å². The van der Waals surface area contributed by atoms with Gasteiger partial charge in [-0.25, -0.2) is 4.79 Å². The van der Waals surface area contributed by atoms with Gasteiger partial charge in [-0.2, -0.15) is 0 Å². The normalized spacial score (nSPS) is 11.3. The Morgan fingerprint density at radius 2 is 1.40 bits per heavy atom. The molecule has 3 aromatic rings. The number of aromatic hydroxyl groups is 1. The number of nitrogens with zero attached hydrogens (tertiary/aromatic N) is 1. The Morgan fingerprint density at radius 1 is 0.767 bits per heavy atom. The molecule has 0 spiro atoms. The van der Waals surface area contributed by atoms with Crippen LogP contribution in [0.1, 0.15) is 108 Å². The fourth-order valence-corrected chi connectivity index (χ4v) is 5.13. The Balaban J connectivity index is 1.40. The third-order valence-corrected chi connectivity index (χ3v) is 7.56. The zero-order valence-corrected chi connectivity index (χ0v) is 26.3. The number of halogens is 1. The van der Waals surface area contributed by atoms with Gasteiger partial charge in [0.25, 0.3) is 0 Å². The van der Waals surface area contributed by atoms with E-state index in [4.69, 9.17) is 21.2 Å². The molecule has 0 aliphatic rings. The van der Waals surface area contributed by atoms with Gasteiger partial charge in [0.05, 0.1) is 6.61 Å². The number of oxime groups is 1. The molecule has 0 atom stereocenters. The monoisotopic (exact) mass is 606 g/mol. The first-order chi connectivity index (χ1) is 21.1. The van der Waals surface area contributed by atoms with Crippen molar-refractivity contribution >= 4 is 29.1 Å². The van der Waals surface area contributed by atoms with Crippen LogP contribution in [0.5, 0.6) is 11.5 Å². The number of carbonyl (C=O) groups is 1. The molecule has 1 amide bonds. The lowest BCUT2D eigenvalue weighted by Gasteiger charge is -2.12. The first kappa shape index (κ1) is 34.0. The maximum atomic E-state index is 12.4. The van der Waals surface area contributed by atoms with E-state index in [1.807, 2.05) is 30.3 Å². The second kappa shape index (κ2) is 20.4. The zero-order chi connectivity index (χ0) is 30.5. The minimum atomic E-state index is -0.775. The molecule has 0 heterocycles. The predicted molar refractivity (Wildman–Crippen MR) is 178 cm³/mol. The van der Waals surface area contributed by atoms with Gasteiger partial charge in [-0.05, 0) is 36.8 Å². The van der Waals surface area contributed by atoms with E-state index in [-0.39, 0.29) is 5.75 Å². The molecule has 43 heavy (non-hydrogen) atoms. The van der Waals surface area contributed by atoms with Gasteiger partial charge in [0.15, 0.2) is 0 Å². The number of phenols is 1. The molecule has 2 N–H and O–H groups in total. The molecule has 0 fully saturated rings. The molecule has 0 aromatic heterocycles. The number of phenolic OH excluding ortho intramolecular Hbond substituents is 1. The molecule has 0 unspecified atom stereocenters. The minimum Gasteiger partial charge on any atom is -0.507 e. The maximum Gasteiger partial charge on any atom is 0.437 e. The van der Waals surface area contributed by atoms with E-state index in [2.05, 4.69) is 17.4 Å². The van der Waals surface area contributed by atoms with Gasteiger partial charge in [0, 0.05) is 27.9 Å². The molecule has 0 aliphatic carbocycles.